The van der Waals surface area contributed by atoms with Gasteiger partial charge in [-0.05, 0) is 18.6 Å². The van der Waals surface area contributed by atoms with Gasteiger partial charge in [-0.1, -0.05) is 6.92 Å². The van der Waals surface area contributed by atoms with E-state index in [1.165, 1.54) is 0 Å². The van der Waals surface area contributed by atoms with Gasteiger partial charge < -0.3 is 9.88 Å². The second kappa shape index (κ2) is 5.56. The van der Waals surface area contributed by atoms with Gasteiger partial charge in [0.05, 0.1) is 13.1 Å². The van der Waals surface area contributed by atoms with Gasteiger partial charge >= 0.3 is 6.18 Å². The number of halogens is 3. The summed E-state index contributed by atoms with van der Waals surface area (Å²) in [5, 5.41) is 2.37. The molecule has 2 aromatic heterocycles. The molecule has 0 bridgehead atoms. The normalized spacial score (nSPS) is 12.2. The highest BCUT2D eigenvalue weighted by Gasteiger charge is 2.26. The fraction of sp³-hybridized carbons (Fsp3) is 0.500. The molecular formula is C12H15F3N4. The zero-order valence-electron chi connectivity index (χ0n) is 10.5. The lowest BCUT2D eigenvalue weighted by molar-refractivity contribution is -0.125. The van der Waals surface area contributed by atoms with E-state index in [0.29, 0.717) is 23.5 Å². The van der Waals surface area contributed by atoms with Gasteiger partial charge in [-0.3, -0.25) is 0 Å². The lowest BCUT2D eigenvalue weighted by Gasteiger charge is -2.09. The number of nitrogens with one attached hydrogen (secondary N) is 1. The Balaban J connectivity index is 2.19. The van der Waals surface area contributed by atoms with Crippen LogP contribution in [0.2, 0.25) is 0 Å². The number of fused-ring (bicyclic) bond motifs is 1. The van der Waals surface area contributed by atoms with Gasteiger partial charge in [0.15, 0.2) is 5.65 Å². The van der Waals surface area contributed by atoms with Crippen LogP contribution in [0.3, 0.4) is 0 Å². The number of imidazole rings is 1. The lowest BCUT2D eigenvalue weighted by Crippen LogP contribution is -2.29. The van der Waals surface area contributed by atoms with E-state index in [-0.39, 0.29) is 6.54 Å². The number of nitrogens with zero attached hydrogens (tertiary/aromatic N) is 3. The molecule has 0 aliphatic carbocycles. The highest BCUT2D eigenvalue weighted by Crippen LogP contribution is 2.15. The number of hydrogen-bond donors (Lipinski definition) is 1. The van der Waals surface area contributed by atoms with Crippen molar-refractivity contribution in [3.05, 3.63) is 24.2 Å². The molecule has 0 aromatic carbocycles. The number of pyridine rings is 1. The summed E-state index contributed by atoms with van der Waals surface area (Å²) in [6.07, 6.45) is -1.68. The summed E-state index contributed by atoms with van der Waals surface area (Å²) in [6.45, 7) is 1.75. The third-order valence-electron chi connectivity index (χ3n) is 2.64. The van der Waals surface area contributed by atoms with Gasteiger partial charge in [-0.2, -0.15) is 13.2 Å². The smallest absolute Gasteiger partial charge is 0.312 e. The van der Waals surface area contributed by atoms with Crippen LogP contribution in [0.4, 0.5) is 13.2 Å². The topological polar surface area (TPSA) is 42.7 Å². The van der Waals surface area contributed by atoms with E-state index in [0.717, 1.165) is 6.42 Å². The molecule has 2 heterocycles. The van der Waals surface area contributed by atoms with E-state index < -0.39 is 12.7 Å². The summed E-state index contributed by atoms with van der Waals surface area (Å²) in [6, 6.07) is 3.57. The van der Waals surface area contributed by atoms with Crippen LogP contribution in [0.5, 0.6) is 0 Å². The van der Waals surface area contributed by atoms with Crippen molar-refractivity contribution in [1.29, 1.82) is 0 Å². The van der Waals surface area contributed by atoms with Crippen LogP contribution in [-0.2, 0) is 13.1 Å². The van der Waals surface area contributed by atoms with Gasteiger partial charge in [0, 0.05) is 12.7 Å². The van der Waals surface area contributed by atoms with Crippen LogP contribution in [0.1, 0.15) is 19.2 Å². The number of aromatic nitrogens is 3. The second-order valence-electron chi connectivity index (χ2n) is 4.24. The molecular weight excluding hydrogens is 257 g/mol. The number of hydrogen-bond acceptors (Lipinski definition) is 3. The summed E-state index contributed by atoms with van der Waals surface area (Å²) in [7, 11) is 0. The molecule has 2 rings (SSSR count). The average Bonchev–Trinajstić information content (AvgIpc) is 2.67. The first-order valence-corrected chi connectivity index (χ1v) is 6.09. The summed E-state index contributed by atoms with van der Waals surface area (Å²) in [4.78, 5) is 8.55. The van der Waals surface area contributed by atoms with Gasteiger partial charge in [-0.25, -0.2) is 9.97 Å². The van der Waals surface area contributed by atoms with Crippen molar-refractivity contribution in [2.45, 2.75) is 32.6 Å². The molecule has 0 atom stereocenters. The first kappa shape index (κ1) is 13.8. The lowest BCUT2D eigenvalue weighted by atomic mass is 10.4. The van der Waals surface area contributed by atoms with Crippen molar-refractivity contribution in [3.8, 4) is 0 Å². The predicted octanol–water partition coefficient (Wildman–Crippen LogP) is 2.49. The van der Waals surface area contributed by atoms with Gasteiger partial charge in [0.2, 0.25) is 0 Å². The van der Waals surface area contributed by atoms with Crippen LogP contribution in [-0.4, -0.2) is 27.3 Å². The molecule has 7 heteroatoms. The Morgan fingerprint density at radius 3 is 2.84 bits per heavy atom. The number of aryl methyl sites for hydroxylation is 1. The van der Waals surface area contributed by atoms with Crippen LogP contribution in [0, 0.1) is 0 Å². The standard InChI is InChI=1S/C12H15F3N4/c1-2-6-19-10(7-16-8-12(13,14)15)18-9-4-3-5-17-11(9)19/h3-5,16H,2,6-8H2,1H3. The molecule has 0 amide bonds. The van der Waals surface area contributed by atoms with Crippen LogP contribution in [0.15, 0.2) is 18.3 Å². The Kier molecular flexibility index (Phi) is 4.04. The second-order valence-corrected chi connectivity index (χ2v) is 4.24. The maximum atomic E-state index is 12.1. The summed E-state index contributed by atoms with van der Waals surface area (Å²) in [5.41, 5.74) is 1.42. The SMILES string of the molecule is CCCn1c(CNCC(F)(F)F)nc2cccnc21. The number of rotatable bonds is 5. The molecule has 0 unspecified atom stereocenters. The van der Waals surface area contributed by atoms with Gasteiger partial charge in [-0.15, -0.1) is 0 Å². The Morgan fingerprint density at radius 1 is 1.37 bits per heavy atom. The van der Waals surface area contributed by atoms with Crippen molar-refractivity contribution < 1.29 is 13.2 Å². The van der Waals surface area contributed by atoms with E-state index in [2.05, 4.69) is 15.3 Å². The molecule has 104 valence electrons. The molecule has 1 N–H and O–H groups in total. The molecule has 0 fully saturated rings. The summed E-state index contributed by atoms with van der Waals surface area (Å²) >= 11 is 0. The molecule has 0 radical (unpaired) electrons. The van der Waals surface area contributed by atoms with E-state index in [4.69, 9.17) is 0 Å². The minimum atomic E-state index is -4.21. The van der Waals surface area contributed by atoms with Crippen LogP contribution in [0.25, 0.3) is 11.2 Å². The molecule has 4 nitrogen and oxygen atoms in total. The van der Waals surface area contributed by atoms with Gasteiger partial charge in [0.25, 0.3) is 0 Å². The van der Waals surface area contributed by atoms with Crippen LogP contribution >= 0.6 is 0 Å². The third kappa shape index (κ3) is 3.44. The quantitative estimate of drug-likeness (QED) is 0.909. The Morgan fingerprint density at radius 2 is 2.16 bits per heavy atom. The molecule has 0 spiro atoms. The summed E-state index contributed by atoms with van der Waals surface area (Å²) in [5.74, 6) is 0.583. The van der Waals surface area contributed by atoms with E-state index in [1.807, 2.05) is 17.6 Å². The predicted molar refractivity (Wildman–Crippen MR) is 65.6 cm³/mol. The molecule has 0 saturated carbocycles. The number of alkyl halides is 3. The van der Waals surface area contributed by atoms with E-state index >= 15 is 0 Å². The van der Waals surface area contributed by atoms with E-state index in [9.17, 15) is 13.2 Å². The minimum Gasteiger partial charge on any atom is -0.312 e. The Labute approximate surface area is 108 Å². The average molecular weight is 272 g/mol. The Hall–Kier alpha value is -1.63. The largest absolute Gasteiger partial charge is 0.401 e. The maximum Gasteiger partial charge on any atom is 0.401 e. The van der Waals surface area contributed by atoms with E-state index in [1.54, 1.807) is 12.3 Å². The monoisotopic (exact) mass is 272 g/mol. The first-order valence-electron chi connectivity index (χ1n) is 6.09. The molecule has 19 heavy (non-hydrogen) atoms. The molecule has 0 aliphatic rings. The molecule has 0 aliphatic heterocycles. The van der Waals surface area contributed by atoms with Crippen molar-refractivity contribution in [2.75, 3.05) is 6.54 Å². The van der Waals surface area contributed by atoms with Crippen molar-refractivity contribution >= 4 is 11.2 Å². The zero-order chi connectivity index (χ0) is 13.9. The molecule has 0 saturated heterocycles. The van der Waals surface area contributed by atoms with Crippen molar-refractivity contribution in [2.24, 2.45) is 0 Å². The highest BCUT2D eigenvalue weighted by atomic mass is 19.4. The zero-order valence-corrected chi connectivity index (χ0v) is 10.5. The van der Waals surface area contributed by atoms with Gasteiger partial charge in [0.1, 0.15) is 11.3 Å². The summed E-state index contributed by atoms with van der Waals surface area (Å²) < 4.78 is 38.2. The highest BCUT2D eigenvalue weighted by molar-refractivity contribution is 5.71. The fourth-order valence-corrected chi connectivity index (χ4v) is 1.91. The van der Waals surface area contributed by atoms with Crippen LogP contribution < -0.4 is 5.32 Å². The first-order chi connectivity index (χ1) is 9.01. The minimum absolute atomic E-state index is 0.0792. The Bertz CT molecular complexity index is 547. The molecule has 2 aromatic rings. The third-order valence-corrected chi connectivity index (χ3v) is 2.64. The van der Waals surface area contributed by atoms with Crippen molar-refractivity contribution in [1.82, 2.24) is 19.9 Å². The fourth-order valence-electron chi connectivity index (χ4n) is 1.91. The maximum absolute atomic E-state index is 12.1. The van der Waals surface area contributed by atoms with Crippen molar-refractivity contribution in [3.63, 3.8) is 0 Å².